The number of benzene rings is 8. The van der Waals surface area contributed by atoms with Crippen LogP contribution >= 0.6 is 0 Å². The van der Waals surface area contributed by atoms with Crippen molar-refractivity contribution in [3.05, 3.63) is 232 Å². The van der Waals surface area contributed by atoms with Crippen LogP contribution in [-0.2, 0) is 38.5 Å². The molecule has 0 bridgehead atoms. The minimum absolute atomic E-state index is 0.197. The lowest BCUT2D eigenvalue weighted by Crippen LogP contribution is -2.36. The molecule has 0 fully saturated rings. The first-order valence-corrected chi connectivity index (χ1v) is 26.9. The summed E-state index contributed by atoms with van der Waals surface area (Å²) in [6, 6.07) is 54.0. The fourth-order valence-electron chi connectivity index (χ4n) is 11.4. The maximum Gasteiger partial charge on any atom is 0.205 e. The first-order valence-electron chi connectivity index (χ1n) is 23.4. The van der Waals surface area contributed by atoms with Gasteiger partial charge in [0, 0.05) is 22.0 Å². The summed E-state index contributed by atoms with van der Waals surface area (Å²) in [5.74, 6) is 2.81. The van der Waals surface area contributed by atoms with E-state index in [0.29, 0.717) is 11.4 Å². The minimum atomic E-state index is -1.21. The Labute approximate surface area is 405 Å². The number of carbonyl (C=O) groups excluding carboxylic acids is 1. The van der Waals surface area contributed by atoms with E-state index in [1.54, 1.807) is 0 Å². The lowest BCUT2D eigenvalue weighted by molar-refractivity contribution is 0.0814. The van der Waals surface area contributed by atoms with Crippen molar-refractivity contribution < 1.29 is 4.79 Å². The van der Waals surface area contributed by atoms with Gasteiger partial charge in [-0.05, 0) is 172 Å². The van der Waals surface area contributed by atoms with Crippen LogP contribution < -0.4 is 0 Å². The maximum atomic E-state index is 13.8. The summed E-state index contributed by atoms with van der Waals surface area (Å²) in [5.41, 5.74) is 15.2. The molecule has 0 amide bonds. The average Bonchev–Trinajstić information content (AvgIpc) is 3.79. The Morgan fingerprint density at radius 1 is 0.536 bits per heavy atom. The van der Waals surface area contributed by atoms with E-state index in [9.17, 15) is 10.1 Å². The summed E-state index contributed by atoms with van der Waals surface area (Å²) in [4.78, 5) is 25.3. The number of ketones is 1. The molecule has 332 valence electrons. The third-order valence-corrected chi connectivity index (χ3v) is 15.1. The van der Waals surface area contributed by atoms with E-state index in [0.717, 1.165) is 83.2 Å². The smallest absolute Gasteiger partial charge is 0.205 e. The predicted octanol–water partition coefficient (Wildman–Crippen LogP) is 14.9. The summed E-state index contributed by atoms with van der Waals surface area (Å²) < 4.78 is 4.03. The van der Waals surface area contributed by atoms with Crippen LogP contribution in [0.2, 0.25) is 19.6 Å². The molecule has 0 saturated carbocycles. The largest absolute Gasteiger partial charge is 0.294 e. The monoisotopic (exact) mass is 907 g/mol. The summed E-state index contributed by atoms with van der Waals surface area (Å²) in [5, 5.41) is 14.9. The Morgan fingerprint density at radius 3 is 1.38 bits per heavy atom. The highest BCUT2D eigenvalue weighted by Gasteiger charge is 2.48. The molecule has 4 aliphatic carbocycles. The van der Waals surface area contributed by atoms with Crippen LogP contribution in [0.15, 0.2) is 174 Å². The second kappa shape index (κ2) is 17.8. The van der Waals surface area contributed by atoms with Gasteiger partial charge in [0.15, 0.2) is 25.4 Å². The second-order valence-corrected chi connectivity index (χ2v) is 24.4. The Morgan fingerprint density at radius 2 is 0.942 bits per heavy atom. The van der Waals surface area contributed by atoms with E-state index in [4.69, 9.17) is 13.1 Å². The molecule has 7 heteroatoms. The Bertz CT molecular complexity index is 3560. The van der Waals surface area contributed by atoms with Crippen molar-refractivity contribution in [1.82, 2.24) is 0 Å². The molecule has 0 atom stereocenters. The van der Waals surface area contributed by atoms with Crippen molar-refractivity contribution in [2.75, 3.05) is 0 Å². The van der Waals surface area contributed by atoms with E-state index in [1.165, 1.54) is 49.4 Å². The van der Waals surface area contributed by atoms with Crippen molar-refractivity contribution in [1.29, 1.82) is 5.26 Å². The number of nitrogens with zero attached hydrogens (tertiary/aromatic N) is 5. The Hall–Kier alpha value is -8.24. The van der Waals surface area contributed by atoms with Gasteiger partial charge in [0.2, 0.25) is 6.19 Å². The third kappa shape index (κ3) is 8.32. The van der Waals surface area contributed by atoms with Crippen LogP contribution in [0.4, 0.5) is 11.4 Å². The van der Waals surface area contributed by atoms with E-state index in [1.807, 2.05) is 54.6 Å². The standard InChI is InChI=1S/C29H19N3.C28H19NO.C5H11NSi/c1-31-25-10-4-7-20(13-25)21-11-12-22-15-29(28(32-18-30)26(22)14-21)16-23-8-2-5-19-6-3-9-24(17-29)27(19)23;1-29-24-10-4-7-19(13-24)20-11-12-21-15-28(27(30)25(21)14-20)16-22-8-2-5-18-6-3-9-23(17-28)26(18)22;1-5-6-7(2,3)4/h2-14H,15-17H2;2-14H,15-17H2;1H2,2-4H3. The van der Waals surface area contributed by atoms with Crippen molar-refractivity contribution in [2.45, 2.75) is 58.2 Å². The minimum Gasteiger partial charge on any atom is -0.294 e. The van der Waals surface area contributed by atoms with Gasteiger partial charge >= 0.3 is 0 Å². The molecule has 69 heavy (non-hydrogen) atoms. The van der Waals surface area contributed by atoms with Gasteiger partial charge in [-0.2, -0.15) is 10.3 Å². The lowest BCUT2D eigenvalue weighted by Gasteiger charge is -2.35. The highest BCUT2D eigenvalue weighted by Crippen LogP contribution is 2.50. The van der Waals surface area contributed by atoms with Crippen molar-refractivity contribution in [3.8, 4) is 28.4 Å². The first-order chi connectivity index (χ1) is 33.4. The molecule has 0 saturated heterocycles. The number of Topliss-reactive ketones (excluding diaryl/α,β-unsaturated/α-hetero) is 1. The Balaban J connectivity index is 0.000000141. The zero-order valence-electron chi connectivity index (χ0n) is 39.1. The van der Waals surface area contributed by atoms with Gasteiger partial charge < -0.3 is 0 Å². The topological polar surface area (TPSA) is 74.3 Å². The van der Waals surface area contributed by atoms with Gasteiger partial charge in [0.1, 0.15) is 0 Å². The normalized spacial score (nSPS) is 15.7. The number of rotatable bonds is 3. The zero-order valence-corrected chi connectivity index (χ0v) is 40.1. The number of hydrogen-bond donors (Lipinski definition) is 0. The van der Waals surface area contributed by atoms with Crippen LogP contribution in [0.3, 0.4) is 0 Å². The van der Waals surface area contributed by atoms with Crippen LogP contribution in [0.25, 0.3) is 53.5 Å². The van der Waals surface area contributed by atoms with Gasteiger partial charge in [0.25, 0.3) is 0 Å². The molecule has 0 N–H and O–H groups in total. The molecular formula is C62H49N5OSi. The van der Waals surface area contributed by atoms with Crippen molar-refractivity contribution in [2.24, 2.45) is 20.5 Å². The number of fused-ring (bicyclic) bond motifs is 2. The fraction of sp³-hybridized carbons (Fsp3) is 0.177. The molecule has 12 rings (SSSR count). The Kier molecular flexibility index (Phi) is 11.5. The predicted molar refractivity (Wildman–Crippen MR) is 284 cm³/mol. The molecule has 0 radical (unpaired) electrons. The summed E-state index contributed by atoms with van der Waals surface area (Å²) in [7, 11) is -1.21. The molecule has 0 aliphatic heterocycles. The molecular weight excluding hydrogens is 859 g/mol. The summed E-state index contributed by atoms with van der Waals surface area (Å²) in [6.07, 6.45) is 7.16. The molecule has 8 aromatic carbocycles. The van der Waals surface area contributed by atoms with Gasteiger partial charge in [0.05, 0.1) is 18.9 Å². The van der Waals surface area contributed by atoms with Gasteiger partial charge in [-0.15, -0.1) is 0 Å². The number of nitriles is 1. The molecule has 6 nitrogen and oxygen atoms in total. The van der Waals surface area contributed by atoms with Crippen LogP contribution in [0.1, 0.15) is 49.3 Å². The number of aliphatic imine (C=N–C) groups is 1. The molecule has 8 aromatic rings. The van der Waals surface area contributed by atoms with Crippen molar-refractivity contribution in [3.63, 3.8) is 0 Å². The second-order valence-electron chi connectivity index (χ2n) is 19.9. The van der Waals surface area contributed by atoms with Crippen LogP contribution in [0.5, 0.6) is 0 Å². The number of carbonyl (C=O) groups is 1. The van der Waals surface area contributed by atoms with Crippen LogP contribution in [-0.4, -0.2) is 25.6 Å². The van der Waals surface area contributed by atoms with E-state index in [-0.39, 0.29) is 16.6 Å². The molecule has 0 heterocycles. The number of hydrogen-bond acceptors (Lipinski definition) is 4. The third-order valence-electron chi connectivity index (χ3n) is 14.2. The molecule has 4 aliphatic rings. The molecule has 0 aromatic heterocycles. The maximum absolute atomic E-state index is 13.8. The highest BCUT2D eigenvalue weighted by atomic mass is 28.3. The van der Waals surface area contributed by atoms with E-state index < -0.39 is 8.24 Å². The van der Waals surface area contributed by atoms with Gasteiger partial charge in [-0.1, -0.05) is 133 Å². The molecule has 0 unspecified atom stereocenters. The average molecular weight is 908 g/mol. The summed E-state index contributed by atoms with van der Waals surface area (Å²) in [6.45, 7) is 24.4. The van der Waals surface area contributed by atoms with Gasteiger partial charge in [-0.3, -0.25) is 9.45 Å². The van der Waals surface area contributed by atoms with Crippen molar-refractivity contribution >= 4 is 58.5 Å². The van der Waals surface area contributed by atoms with E-state index in [2.05, 4.69) is 161 Å². The SMILES string of the molecule is C=C=N[Si](C)(C)C.[C-]#[N+]c1cccc(-c2ccc3c(c2)C(=NC#N)C2(C3)Cc3cccc4cccc(c34)C2)c1.[C-]#[N+]c1cccc(-c2ccc3c(c2)C(=O)C2(C3)Cc3cccc4cccc(c34)C2)c1. The zero-order chi connectivity index (χ0) is 47.9. The van der Waals surface area contributed by atoms with E-state index >= 15 is 0 Å². The molecule has 2 spiro atoms. The van der Waals surface area contributed by atoms with Gasteiger partial charge in [-0.25, -0.2) is 9.69 Å². The quantitative estimate of drug-likeness (QED) is 0.0766. The fourth-order valence-corrected chi connectivity index (χ4v) is 11.9. The van der Waals surface area contributed by atoms with Crippen LogP contribution in [0, 0.1) is 35.4 Å². The highest BCUT2D eigenvalue weighted by molar-refractivity contribution is 6.75. The summed E-state index contributed by atoms with van der Waals surface area (Å²) >= 11 is 0. The lowest BCUT2D eigenvalue weighted by atomic mass is 9.68. The first kappa shape index (κ1) is 44.6.